The van der Waals surface area contributed by atoms with E-state index in [-0.39, 0.29) is 45.8 Å². The molecule has 0 saturated carbocycles. The van der Waals surface area contributed by atoms with Gasteiger partial charge in [-0.3, -0.25) is 0 Å². The summed E-state index contributed by atoms with van der Waals surface area (Å²) >= 11 is 0. The molecule has 0 aromatic heterocycles. The van der Waals surface area contributed by atoms with Crippen LogP contribution in [0.4, 0.5) is 0 Å². The molecule has 14 heteroatoms. The molecule has 215 valence electrons. The molecule has 0 rings (SSSR count). The number of hydrogen-bond donors (Lipinski definition) is 0. The zero-order valence-corrected chi connectivity index (χ0v) is 25.6. The molecule has 0 aliphatic heterocycles. The van der Waals surface area contributed by atoms with Crippen molar-refractivity contribution >= 4 is 72.6 Å². The van der Waals surface area contributed by atoms with Crippen molar-refractivity contribution in [3.05, 3.63) is 56.5 Å². The Kier molecular flexibility index (Phi) is 23.6. The molecule has 0 N–H and O–H groups in total. The van der Waals surface area contributed by atoms with Crippen LogP contribution in [-0.4, -0.2) is 71.5 Å². The molecule has 0 spiro atoms. The molecular formula is C28H19O12PRe. The van der Waals surface area contributed by atoms with Crippen molar-refractivity contribution in [2.45, 2.75) is 39.5 Å². The maximum absolute atomic E-state index is 12.4. The number of carbonyl (C=O) groups excluding carboxylic acids is 11. The van der Waals surface area contributed by atoms with E-state index in [2.05, 4.69) is 0 Å². The third-order valence-corrected chi connectivity index (χ3v) is 9.21. The summed E-state index contributed by atoms with van der Waals surface area (Å²) in [5, 5.41) is 6.81. The minimum absolute atomic E-state index is 0. The molecule has 0 aromatic rings. The van der Waals surface area contributed by atoms with E-state index in [4.69, 9.17) is 9.90 Å². The van der Waals surface area contributed by atoms with Crippen molar-refractivity contribution in [1.29, 1.82) is 0 Å². The molecule has 0 aromatic carbocycles. The van der Waals surface area contributed by atoms with E-state index in [1.165, 1.54) is 53.5 Å². The summed E-state index contributed by atoms with van der Waals surface area (Å²) in [5.74, 6) is 12.3. The summed E-state index contributed by atoms with van der Waals surface area (Å²) in [4.78, 5) is 125. The van der Waals surface area contributed by atoms with Crippen molar-refractivity contribution in [2.75, 3.05) is 6.16 Å². The summed E-state index contributed by atoms with van der Waals surface area (Å²) < 4.78 is 0. The average Bonchev–Trinajstić information content (AvgIpc) is 2.96. The van der Waals surface area contributed by atoms with Crippen molar-refractivity contribution in [3.63, 3.8) is 0 Å². The predicted molar refractivity (Wildman–Crippen MR) is 142 cm³/mol. The second-order valence-electron chi connectivity index (χ2n) is 7.20. The fraction of sp³-hybridized carbons (Fsp3) is 0.250. The van der Waals surface area contributed by atoms with Crippen LogP contribution in [0.25, 0.3) is 0 Å². The second-order valence-corrected chi connectivity index (χ2v) is 10.7. The molecule has 0 saturated heterocycles. The van der Waals surface area contributed by atoms with Gasteiger partial charge in [-0.15, -0.1) is 0 Å². The van der Waals surface area contributed by atoms with Crippen LogP contribution in [0.1, 0.15) is 39.5 Å². The number of allylic oxidation sites excluding steroid dienone is 10. The van der Waals surface area contributed by atoms with Gasteiger partial charge in [0.1, 0.15) is 60.0 Å². The number of aliphatic carboxylic acids is 1. The maximum atomic E-state index is 12.4. The number of hydrogen-bond acceptors (Lipinski definition) is 12. The summed E-state index contributed by atoms with van der Waals surface area (Å²) in [7, 11) is -4.18. The first-order valence-electron chi connectivity index (χ1n) is 11.1. The molecule has 42 heavy (non-hydrogen) atoms. The Labute approximate surface area is 252 Å². The zero-order chi connectivity index (χ0) is 31.8. The number of carboxylic acid groups (broad SMARTS) is 1. The molecule has 0 bridgehead atoms. The topological polar surface area (TPSA) is 211 Å². The smallest absolute Gasteiger partial charge is 0.207 e. The monoisotopic (exact) mass is 765 g/mol. The van der Waals surface area contributed by atoms with Gasteiger partial charge in [-0.05, 0) is 19.8 Å². The van der Waals surface area contributed by atoms with Crippen LogP contribution in [0.2, 0.25) is 0 Å². The number of carboxylic acids is 1. The fourth-order valence-corrected chi connectivity index (χ4v) is 7.59. The summed E-state index contributed by atoms with van der Waals surface area (Å²) in [6, 6.07) is 0. The van der Waals surface area contributed by atoms with Crippen LogP contribution in [0.5, 0.6) is 0 Å². The summed E-state index contributed by atoms with van der Waals surface area (Å²) in [6.07, 6.45) is 1.42. The third kappa shape index (κ3) is 11.7. The Morgan fingerprint density at radius 3 is 1.38 bits per heavy atom. The predicted octanol–water partition coefficient (Wildman–Crippen LogP) is -0.320. The van der Waals surface area contributed by atoms with Crippen LogP contribution in [-0.2, 0) is 73.2 Å². The first kappa shape index (κ1) is 41.5. The van der Waals surface area contributed by atoms with E-state index in [9.17, 15) is 47.9 Å². The van der Waals surface area contributed by atoms with E-state index < -0.39 is 51.5 Å². The van der Waals surface area contributed by atoms with Crippen LogP contribution >= 0.6 is 7.26 Å². The van der Waals surface area contributed by atoms with E-state index in [0.717, 1.165) is 13.0 Å². The van der Waals surface area contributed by atoms with Crippen LogP contribution < -0.4 is 5.11 Å². The quantitative estimate of drug-likeness (QED) is 0.119. The fourth-order valence-electron chi connectivity index (χ4n) is 3.25. The largest absolute Gasteiger partial charge is 0.550 e. The van der Waals surface area contributed by atoms with Gasteiger partial charge < -0.3 is 9.90 Å². The Morgan fingerprint density at radius 2 is 1.12 bits per heavy atom. The molecular weight excluding hydrogens is 745 g/mol. The molecule has 12 nitrogen and oxygen atoms in total. The van der Waals surface area contributed by atoms with Crippen LogP contribution in [0.3, 0.4) is 0 Å². The van der Waals surface area contributed by atoms with Crippen LogP contribution in [0.15, 0.2) is 56.5 Å². The zero-order valence-electron chi connectivity index (χ0n) is 22.0. The Hall–Kier alpha value is -4.94. The van der Waals surface area contributed by atoms with Crippen molar-refractivity contribution in [2.24, 2.45) is 0 Å². The third-order valence-electron chi connectivity index (χ3n) is 4.83. The minimum atomic E-state index is -4.18. The molecule has 1 radical (unpaired) electrons. The van der Waals surface area contributed by atoms with E-state index in [0.29, 0.717) is 18.6 Å². The van der Waals surface area contributed by atoms with Gasteiger partial charge in [0.15, 0.2) is 23.1 Å². The Balaban J connectivity index is -0.00000284. The first-order chi connectivity index (χ1) is 19.6. The van der Waals surface area contributed by atoms with Crippen molar-refractivity contribution in [1.82, 2.24) is 0 Å². The van der Waals surface area contributed by atoms with E-state index in [1.54, 1.807) is 12.9 Å². The molecule has 0 aliphatic rings. The van der Waals surface area contributed by atoms with Gasteiger partial charge in [0.05, 0.1) is 17.3 Å². The van der Waals surface area contributed by atoms with Gasteiger partial charge in [-0.2, -0.15) is 0 Å². The van der Waals surface area contributed by atoms with Gasteiger partial charge in [0.25, 0.3) is 0 Å². The second kappa shape index (κ2) is 23.9. The molecule has 0 heterocycles. The van der Waals surface area contributed by atoms with Gasteiger partial charge in [0.2, 0.25) is 10.6 Å². The normalized spacial score (nSPS) is 9.38. The number of rotatable bonds is 15. The van der Waals surface area contributed by atoms with Gasteiger partial charge >= 0.3 is 0 Å². The molecule has 0 unspecified atom stereocenters. The Bertz CT molecular complexity index is 1470. The summed E-state index contributed by atoms with van der Waals surface area (Å²) in [5.41, 5.74) is -3.56. The van der Waals surface area contributed by atoms with Gasteiger partial charge in [-0.25, -0.2) is 47.9 Å². The summed E-state index contributed by atoms with van der Waals surface area (Å²) in [6.45, 7) is 2.65. The molecule has 0 amide bonds. The van der Waals surface area contributed by atoms with Crippen LogP contribution in [0, 0.1) is 0 Å². The Morgan fingerprint density at radius 1 is 0.690 bits per heavy atom. The molecule has 0 fully saturated rings. The number of carbonyl (C=O) groups is 1. The molecule has 0 atom stereocenters. The SMILES string of the molecule is CC(=O)[O-].CCCC[P+](C(=C=O)CCC=C=O)(C(=C=O)C(=C=O)C(=C=O)C=C=O)C(=C=O)C(=C=O)C(=C=O)C=C=O.[Re]. The van der Waals surface area contributed by atoms with Crippen molar-refractivity contribution < 1.29 is 78.3 Å². The van der Waals surface area contributed by atoms with Gasteiger partial charge in [-0.1, -0.05) is 13.3 Å². The standard InChI is InChI=1S/C26H16O10P.C2H4O2.Re/c1-2-3-12-37(22(15-32)6-4-5-9-27,25(18-35)23(16-33)20(13-30)7-10-28)26(19-36)24(17-34)21(14-31)8-11-29;1-2(3)4;/h5,7-8H,2-4,6,12H2,1H3;1H3,(H,3,4);/q+1;;/p-1. The number of unbranched alkanes of at least 4 members (excludes halogenated alkanes) is 1. The average molecular weight is 765 g/mol. The van der Waals surface area contributed by atoms with Gasteiger partial charge in [0, 0.05) is 51.0 Å². The van der Waals surface area contributed by atoms with Crippen molar-refractivity contribution in [3.8, 4) is 0 Å². The van der Waals surface area contributed by atoms with E-state index >= 15 is 0 Å². The minimum Gasteiger partial charge on any atom is -0.550 e. The first-order valence-corrected chi connectivity index (χ1v) is 13.1. The van der Waals surface area contributed by atoms with E-state index in [1.807, 2.05) is 0 Å². The molecule has 0 aliphatic carbocycles. The maximum Gasteiger partial charge on any atom is 0.207 e.